The SMILES string of the molecule is NCC1C(c2ccc3c(c2)OCO3)C1(F)F. The second-order valence-corrected chi connectivity index (χ2v) is 4.11. The summed E-state index contributed by atoms with van der Waals surface area (Å²) in [4.78, 5) is 0. The first-order valence-corrected chi connectivity index (χ1v) is 5.12. The van der Waals surface area contributed by atoms with E-state index in [4.69, 9.17) is 15.2 Å². The fraction of sp³-hybridized carbons (Fsp3) is 0.455. The molecule has 3 rings (SSSR count). The quantitative estimate of drug-likeness (QED) is 0.836. The van der Waals surface area contributed by atoms with E-state index in [9.17, 15) is 8.78 Å². The van der Waals surface area contributed by atoms with Crippen LogP contribution in [0.2, 0.25) is 0 Å². The Kier molecular flexibility index (Phi) is 1.89. The van der Waals surface area contributed by atoms with Crippen LogP contribution in [0, 0.1) is 5.92 Å². The minimum absolute atomic E-state index is 0.00606. The standard InChI is InChI=1S/C11H11F2NO2/c12-11(13)7(4-14)10(11)6-1-2-8-9(3-6)16-5-15-8/h1-3,7,10H,4-5,14H2. The molecule has 86 valence electrons. The van der Waals surface area contributed by atoms with Crippen LogP contribution in [0.3, 0.4) is 0 Å². The van der Waals surface area contributed by atoms with E-state index in [0.717, 1.165) is 0 Å². The fourth-order valence-electron chi connectivity index (χ4n) is 2.24. The van der Waals surface area contributed by atoms with E-state index in [0.29, 0.717) is 17.1 Å². The molecule has 0 radical (unpaired) electrons. The highest BCUT2D eigenvalue weighted by molar-refractivity contribution is 5.47. The Morgan fingerprint density at radius 1 is 1.31 bits per heavy atom. The van der Waals surface area contributed by atoms with Gasteiger partial charge in [0.1, 0.15) is 0 Å². The zero-order chi connectivity index (χ0) is 11.3. The molecule has 2 atom stereocenters. The van der Waals surface area contributed by atoms with Crippen LogP contribution in [0.5, 0.6) is 11.5 Å². The van der Waals surface area contributed by atoms with Gasteiger partial charge >= 0.3 is 0 Å². The number of rotatable bonds is 2. The molecule has 1 saturated carbocycles. The molecule has 1 aliphatic carbocycles. The highest BCUT2D eigenvalue weighted by Gasteiger charge is 2.67. The second kappa shape index (κ2) is 3.07. The first-order chi connectivity index (χ1) is 7.64. The van der Waals surface area contributed by atoms with Crippen LogP contribution in [0.4, 0.5) is 8.78 Å². The van der Waals surface area contributed by atoms with Crippen LogP contribution < -0.4 is 15.2 Å². The average molecular weight is 227 g/mol. The number of hydrogen-bond acceptors (Lipinski definition) is 3. The van der Waals surface area contributed by atoms with Gasteiger partial charge in [0.25, 0.3) is 5.92 Å². The van der Waals surface area contributed by atoms with Crippen molar-refractivity contribution in [3.8, 4) is 11.5 Å². The molecule has 1 aliphatic heterocycles. The summed E-state index contributed by atoms with van der Waals surface area (Å²) in [6.07, 6.45) is 0. The highest BCUT2D eigenvalue weighted by atomic mass is 19.3. The Hall–Kier alpha value is -1.36. The Morgan fingerprint density at radius 3 is 2.75 bits per heavy atom. The average Bonchev–Trinajstić information content (AvgIpc) is 2.62. The Bertz CT molecular complexity index is 436. The van der Waals surface area contributed by atoms with Crippen molar-refractivity contribution in [2.45, 2.75) is 11.8 Å². The molecule has 0 saturated heterocycles. The highest BCUT2D eigenvalue weighted by Crippen LogP contribution is 2.61. The van der Waals surface area contributed by atoms with Crippen molar-refractivity contribution in [3.05, 3.63) is 23.8 Å². The van der Waals surface area contributed by atoms with Gasteiger partial charge in [0.15, 0.2) is 11.5 Å². The third-order valence-corrected chi connectivity index (χ3v) is 3.21. The number of nitrogens with two attached hydrogens (primary N) is 1. The molecule has 0 bridgehead atoms. The van der Waals surface area contributed by atoms with Crippen LogP contribution in [-0.2, 0) is 0 Å². The van der Waals surface area contributed by atoms with Crippen molar-refractivity contribution >= 4 is 0 Å². The molecule has 1 aromatic carbocycles. The summed E-state index contributed by atoms with van der Waals surface area (Å²) in [6.45, 7) is 0.159. The molecular formula is C11H11F2NO2. The largest absolute Gasteiger partial charge is 0.454 e. The molecule has 5 heteroatoms. The first kappa shape index (κ1) is 9.84. The molecule has 1 aromatic rings. The van der Waals surface area contributed by atoms with Gasteiger partial charge in [0.2, 0.25) is 6.79 Å². The molecule has 0 spiro atoms. The lowest BCUT2D eigenvalue weighted by molar-refractivity contribution is 0.0947. The van der Waals surface area contributed by atoms with Crippen LogP contribution in [0.25, 0.3) is 0 Å². The lowest BCUT2D eigenvalue weighted by Gasteiger charge is -2.01. The third kappa shape index (κ3) is 1.21. The molecule has 0 aromatic heterocycles. The smallest absolute Gasteiger partial charge is 0.260 e. The summed E-state index contributed by atoms with van der Waals surface area (Å²) in [5, 5.41) is 0. The van der Waals surface area contributed by atoms with Gasteiger partial charge in [-0.2, -0.15) is 0 Å². The van der Waals surface area contributed by atoms with Crippen molar-refractivity contribution in [2.75, 3.05) is 13.3 Å². The monoisotopic (exact) mass is 227 g/mol. The molecule has 0 amide bonds. The van der Waals surface area contributed by atoms with Gasteiger partial charge in [0, 0.05) is 12.5 Å². The number of hydrogen-bond donors (Lipinski definition) is 1. The zero-order valence-electron chi connectivity index (χ0n) is 8.45. The van der Waals surface area contributed by atoms with Gasteiger partial charge in [-0.3, -0.25) is 0 Å². The minimum atomic E-state index is -2.68. The Morgan fingerprint density at radius 2 is 2.06 bits per heavy atom. The maximum Gasteiger partial charge on any atom is 0.260 e. The number of fused-ring (bicyclic) bond motifs is 1. The topological polar surface area (TPSA) is 44.5 Å². The summed E-state index contributed by atoms with van der Waals surface area (Å²) >= 11 is 0. The van der Waals surface area contributed by atoms with Gasteiger partial charge in [-0.1, -0.05) is 6.07 Å². The number of ether oxygens (including phenoxy) is 2. The number of benzene rings is 1. The Balaban J connectivity index is 1.92. The summed E-state index contributed by atoms with van der Waals surface area (Å²) in [5.74, 6) is -3.05. The zero-order valence-corrected chi connectivity index (χ0v) is 8.45. The molecule has 3 nitrogen and oxygen atoms in total. The van der Waals surface area contributed by atoms with Crippen LogP contribution in [0.1, 0.15) is 11.5 Å². The Labute approximate surface area is 91.1 Å². The van der Waals surface area contributed by atoms with Crippen LogP contribution >= 0.6 is 0 Å². The molecule has 2 aliphatic rings. The summed E-state index contributed by atoms with van der Waals surface area (Å²) in [7, 11) is 0. The van der Waals surface area contributed by atoms with Crippen molar-refractivity contribution in [2.24, 2.45) is 11.7 Å². The lowest BCUT2D eigenvalue weighted by atomic mass is 10.1. The predicted molar refractivity (Wildman–Crippen MR) is 52.8 cm³/mol. The van der Waals surface area contributed by atoms with E-state index in [-0.39, 0.29) is 13.3 Å². The van der Waals surface area contributed by atoms with Gasteiger partial charge in [-0.05, 0) is 17.7 Å². The molecular weight excluding hydrogens is 216 g/mol. The fourth-order valence-corrected chi connectivity index (χ4v) is 2.24. The molecule has 16 heavy (non-hydrogen) atoms. The summed E-state index contributed by atoms with van der Waals surface area (Å²) < 4.78 is 37.0. The van der Waals surface area contributed by atoms with Crippen LogP contribution in [0.15, 0.2) is 18.2 Å². The van der Waals surface area contributed by atoms with Crippen molar-refractivity contribution in [1.82, 2.24) is 0 Å². The van der Waals surface area contributed by atoms with Crippen molar-refractivity contribution in [1.29, 1.82) is 0 Å². The van der Waals surface area contributed by atoms with E-state index in [1.807, 2.05) is 0 Å². The first-order valence-electron chi connectivity index (χ1n) is 5.12. The molecule has 2 N–H and O–H groups in total. The van der Waals surface area contributed by atoms with Crippen molar-refractivity contribution in [3.63, 3.8) is 0 Å². The van der Waals surface area contributed by atoms with Gasteiger partial charge in [-0.25, -0.2) is 8.78 Å². The normalized spacial score (nSPS) is 29.2. The van der Waals surface area contributed by atoms with E-state index in [2.05, 4.69) is 0 Å². The lowest BCUT2D eigenvalue weighted by Crippen LogP contribution is -2.06. The predicted octanol–water partition coefficient (Wildman–Crippen LogP) is 1.72. The van der Waals surface area contributed by atoms with E-state index in [1.54, 1.807) is 18.2 Å². The minimum Gasteiger partial charge on any atom is -0.454 e. The van der Waals surface area contributed by atoms with Gasteiger partial charge in [0.05, 0.1) is 5.92 Å². The third-order valence-electron chi connectivity index (χ3n) is 3.21. The van der Waals surface area contributed by atoms with E-state index in [1.165, 1.54) is 0 Å². The summed E-state index contributed by atoms with van der Waals surface area (Å²) in [6, 6.07) is 4.94. The maximum atomic E-state index is 13.3. The molecule has 1 heterocycles. The molecule has 2 unspecified atom stereocenters. The van der Waals surface area contributed by atoms with E-state index >= 15 is 0 Å². The van der Waals surface area contributed by atoms with Gasteiger partial charge < -0.3 is 15.2 Å². The number of halogens is 2. The molecule has 1 fully saturated rings. The second-order valence-electron chi connectivity index (χ2n) is 4.11. The number of alkyl halides is 2. The maximum absolute atomic E-state index is 13.3. The van der Waals surface area contributed by atoms with E-state index < -0.39 is 17.8 Å². The van der Waals surface area contributed by atoms with Crippen molar-refractivity contribution < 1.29 is 18.3 Å². The summed E-state index contributed by atoms with van der Waals surface area (Å²) in [5.41, 5.74) is 5.89. The van der Waals surface area contributed by atoms with Crippen LogP contribution in [-0.4, -0.2) is 19.3 Å². The van der Waals surface area contributed by atoms with Gasteiger partial charge in [-0.15, -0.1) is 0 Å².